The second kappa shape index (κ2) is 4.44. The summed E-state index contributed by atoms with van der Waals surface area (Å²) in [5.74, 6) is -0.398. The highest BCUT2D eigenvalue weighted by Gasteiger charge is 2.10. The van der Waals surface area contributed by atoms with Crippen molar-refractivity contribution in [3.8, 4) is 11.1 Å². The van der Waals surface area contributed by atoms with Crippen LogP contribution in [0.3, 0.4) is 0 Å². The van der Waals surface area contributed by atoms with Gasteiger partial charge in [-0.15, -0.1) is 0 Å². The van der Waals surface area contributed by atoms with E-state index in [0.29, 0.717) is 11.3 Å². The first kappa shape index (κ1) is 11.4. The van der Waals surface area contributed by atoms with Crippen LogP contribution in [0, 0.1) is 5.82 Å². The van der Waals surface area contributed by atoms with Crippen LogP contribution in [0.4, 0.5) is 10.1 Å². The van der Waals surface area contributed by atoms with Gasteiger partial charge in [-0.05, 0) is 23.8 Å². The van der Waals surface area contributed by atoms with E-state index in [2.05, 4.69) is 15.9 Å². The second-order valence-corrected chi connectivity index (χ2v) is 4.59. The number of benzene rings is 2. The fraction of sp³-hybridized carbons (Fsp3) is 0. The van der Waals surface area contributed by atoms with Crippen LogP contribution in [0.1, 0.15) is 0 Å². The van der Waals surface area contributed by atoms with Crippen LogP contribution in [0.25, 0.3) is 11.1 Å². The van der Waals surface area contributed by atoms with Gasteiger partial charge in [-0.25, -0.2) is 4.39 Å². The molecule has 0 aliphatic heterocycles. The third-order valence-electron chi connectivity index (χ3n) is 2.26. The van der Waals surface area contributed by atoms with E-state index < -0.39 is 5.82 Å². The van der Waals surface area contributed by atoms with Gasteiger partial charge in [0.2, 0.25) is 0 Å². The quantitative estimate of drug-likeness (QED) is 0.772. The Morgan fingerprint density at radius 1 is 1.12 bits per heavy atom. The van der Waals surface area contributed by atoms with Crippen molar-refractivity contribution in [2.45, 2.75) is 0 Å². The molecular formula is C12H8BrClFN. The molecule has 0 atom stereocenters. The summed E-state index contributed by atoms with van der Waals surface area (Å²) in [5, 5.41) is 0.228. The van der Waals surface area contributed by atoms with Gasteiger partial charge in [0.1, 0.15) is 5.82 Å². The number of halogens is 3. The van der Waals surface area contributed by atoms with Gasteiger partial charge in [0.25, 0.3) is 0 Å². The molecule has 4 heteroatoms. The minimum atomic E-state index is -0.398. The molecule has 0 unspecified atom stereocenters. The van der Waals surface area contributed by atoms with E-state index in [-0.39, 0.29) is 5.02 Å². The molecule has 2 N–H and O–H groups in total. The molecule has 0 fully saturated rings. The zero-order valence-corrected chi connectivity index (χ0v) is 10.5. The Kier molecular flexibility index (Phi) is 3.17. The Labute approximate surface area is 106 Å². The summed E-state index contributed by atoms with van der Waals surface area (Å²) in [6.07, 6.45) is 0. The van der Waals surface area contributed by atoms with Gasteiger partial charge in [0.15, 0.2) is 0 Å². The average molecular weight is 301 g/mol. The lowest BCUT2D eigenvalue weighted by Crippen LogP contribution is -1.93. The van der Waals surface area contributed by atoms with Crippen LogP contribution in [-0.4, -0.2) is 0 Å². The zero-order valence-electron chi connectivity index (χ0n) is 8.18. The molecule has 0 amide bonds. The zero-order chi connectivity index (χ0) is 11.7. The minimum absolute atomic E-state index is 0.228. The van der Waals surface area contributed by atoms with Gasteiger partial charge in [-0.3, -0.25) is 0 Å². The van der Waals surface area contributed by atoms with E-state index in [0.717, 1.165) is 10.0 Å². The Morgan fingerprint density at radius 2 is 1.81 bits per heavy atom. The Morgan fingerprint density at radius 3 is 2.50 bits per heavy atom. The molecule has 0 bridgehead atoms. The number of hydrogen-bond acceptors (Lipinski definition) is 1. The van der Waals surface area contributed by atoms with Crippen LogP contribution >= 0.6 is 27.5 Å². The van der Waals surface area contributed by atoms with E-state index in [1.165, 1.54) is 12.1 Å². The van der Waals surface area contributed by atoms with Crippen molar-refractivity contribution in [1.82, 2.24) is 0 Å². The number of nitrogens with two attached hydrogens (primary N) is 1. The predicted octanol–water partition coefficient (Wildman–Crippen LogP) is 4.49. The van der Waals surface area contributed by atoms with E-state index in [1.54, 1.807) is 0 Å². The van der Waals surface area contributed by atoms with Crippen molar-refractivity contribution in [3.63, 3.8) is 0 Å². The van der Waals surface area contributed by atoms with Crippen molar-refractivity contribution >= 4 is 33.2 Å². The van der Waals surface area contributed by atoms with Crippen molar-refractivity contribution in [1.29, 1.82) is 0 Å². The third kappa shape index (κ3) is 2.06. The number of nitrogen functional groups attached to an aromatic ring is 1. The van der Waals surface area contributed by atoms with Crippen molar-refractivity contribution < 1.29 is 4.39 Å². The molecule has 82 valence electrons. The molecular weight excluding hydrogens is 292 g/mol. The summed E-state index contributed by atoms with van der Waals surface area (Å²) in [4.78, 5) is 0. The molecule has 0 saturated heterocycles. The lowest BCUT2D eigenvalue weighted by molar-refractivity contribution is 0.628. The summed E-state index contributed by atoms with van der Waals surface area (Å²) < 4.78 is 14.1. The van der Waals surface area contributed by atoms with Gasteiger partial charge >= 0.3 is 0 Å². The lowest BCUT2D eigenvalue weighted by Gasteiger charge is -2.09. The summed E-state index contributed by atoms with van der Waals surface area (Å²) in [5.41, 5.74) is 7.63. The predicted molar refractivity (Wildman–Crippen MR) is 69.0 cm³/mol. The first-order valence-electron chi connectivity index (χ1n) is 4.59. The molecule has 1 nitrogen and oxygen atoms in total. The first-order valence-corrected chi connectivity index (χ1v) is 5.76. The van der Waals surface area contributed by atoms with E-state index in [1.807, 2.05) is 24.3 Å². The molecule has 2 aromatic carbocycles. The molecule has 0 aromatic heterocycles. The van der Waals surface area contributed by atoms with E-state index in [4.69, 9.17) is 17.3 Å². The summed E-state index contributed by atoms with van der Waals surface area (Å²) >= 11 is 9.24. The van der Waals surface area contributed by atoms with Crippen LogP contribution in [-0.2, 0) is 0 Å². The Hall–Kier alpha value is -1.06. The van der Waals surface area contributed by atoms with Crippen LogP contribution in [0.15, 0.2) is 40.9 Å². The topological polar surface area (TPSA) is 26.0 Å². The van der Waals surface area contributed by atoms with Crippen LogP contribution < -0.4 is 5.73 Å². The first-order chi connectivity index (χ1) is 7.59. The molecule has 0 radical (unpaired) electrons. The minimum Gasteiger partial charge on any atom is -0.397 e. The Balaban J connectivity index is 2.69. The van der Waals surface area contributed by atoms with Crippen molar-refractivity contribution in [3.05, 3.63) is 51.7 Å². The van der Waals surface area contributed by atoms with Gasteiger partial charge < -0.3 is 5.73 Å². The van der Waals surface area contributed by atoms with Crippen LogP contribution in [0.5, 0.6) is 0 Å². The molecule has 0 heterocycles. The largest absolute Gasteiger partial charge is 0.397 e. The monoisotopic (exact) mass is 299 g/mol. The van der Waals surface area contributed by atoms with Crippen LogP contribution in [0.2, 0.25) is 5.02 Å². The molecule has 0 saturated carbocycles. The van der Waals surface area contributed by atoms with E-state index >= 15 is 0 Å². The van der Waals surface area contributed by atoms with Gasteiger partial charge in [0.05, 0.1) is 10.7 Å². The maximum Gasteiger partial charge on any atom is 0.125 e. The smallest absolute Gasteiger partial charge is 0.125 e. The van der Waals surface area contributed by atoms with Crippen molar-refractivity contribution in [2.75, 3.05) is 5.73 Å². The Bertz CT molecular complexity index is 543. The normalized spacial score (nSPS) is 10.4. The fourth-order valence-electron chi connectivity index (χ4n) is 1.49. The van der Waals surface area contributed by atoms with Crippen molar-refractivity contribution in [2.24, 2.45) is 0 Å². The number of rotatable bonds is 1. The molecule has 0 aliphatic carbocycles. The SMILES string of the molecule is Nc1c(Cl)cc(F)cc1-c1ccccc1Br. The summed E-state index contributed by atoms with van der Waals surface area (Å²) in [6, 6.07) is 10.0. The van der Waals surface area contributed by atoms with Gasteiger partial charge in [-0.2, -0.15) is 0 Å². The van der Waals surface area contributed by atoms with Gasteiger partial charge in [-0.1, -0.05) is 45.7 Å². The second-order valence-electron chi connectivity index (χ2n) is 3.33. The highest BCUT2D eigenvalue weighted by Crippen LogP contribution is 2.36. The van der Waals surface area contributed by atoms with Gasteiger partial charge in [0, 0.05) is 10.0 Å². The highest BCUT2D eigenvalue weighted by molar-refractivity contribution is 9.10. The maximum atomic E-state index is 13.3. The molecule has 2 rings (SSSR count). The molecule has 16 heavy (non-hydrogen) atoms. The molecule has 0 aliphatic rings. The highest BCUT2D eigenvalue weighted by atomic mass is 79.9. The standard InChI is InChI=1S/C12H8BrClFN/c13-10-4-2-1-3-8(10)9-5-7(15)6-11(14)12(9)16/h1-6H,16H2. The molecule has 2 aromatic rings. The molecule has 0 spiro atoms. The summed E-state index contributed by atoms with van der Waals surface area (Å²) in [6.45, 7) is 0. The van der Waals surface area contributed by atoms with E-state index in [9.17, 15) is 4.39 Å². The lowest BCUT2D eigenvalue weighted by atomic mass is 10.0. The third-order valence-corrected chi connectivity index (χ3v) is 3.26. The summed E-state index contributed by atoms with van der Waals surface area (Å²) in [7, 11) is 0. The number of anilines is 1. The number of hydrogen-bond donors (Lipinski definition) is 1. The fourth-order valence-corrected chi connectivity index (χ4v) is 2.19. The average Bonchev–Trinajstić information content (AvgIpc) is 2.24. The maximum absolute atomic E-state index is 13.3.